The first-order valence-corrected chi connectivity index (χ1v) is 11.4. The van der Waals surface area contributed by atoms with Crippen LogP contribution in [0.3, 0.4) is 0 Å². The Bertz CT molecular complexity index is 1260. The molecule has 2 atom stereocenters. The van der Waals surface area contributed by atoms with Gasteiger partial charge in [-0.1, -0.05) is 42.5 Å². The van der Waals surface area contributed by atoms with Crippen molar-refractivity contribution < 1.29 is 22.5 Å². The van der Waals surface area contributed by atoms with Crippen molar-refractivity contribution >= 4 is 15.7 Å². The van der Waals surface area contributed by atoms with Crippen LogP contribution in [0.25, 0.3) is 0 Å². The van der Waals surface area contributed by atoms with Crippen LogP contribution in [0.1, 0.15) is 27.5 Å². The Morgan fingerprint density at radius 3 is 2.28 bits per heavy atom. The standard InChI is InChI=1S/C23H19FN2O5S/c24-18-12-10-17(11-13-18)22(27)25-15-14-16-6-4-5-9-20(16)21(25)23(26(28)29)32(30,31)19-7-2-1-3-8-19/h1-13,21,23H,14-15H2/t21-,23-/m0/s1. The van der Waals surface area contributed by atoms with E-state index >= 15 is 0 Å². The Balaban J connectivity index is 1.87. The van der Waals surface area contributed by atoms with E-state index in [9.17, 15) is 27.7 Å². The molecule has 32 heavy (non-hydrogen) atoms. The van der Waals surface area contributed by atoms with E-state index in [2.05, 4.69) is 0 Å². The number of fused-ring (bicyclic) bond motifs is 1. The summed E-state index contributed by atoms with van der Waals surface area (Å²) in [5.74, 6) is -1.13. The van der Waals surface area contributed by atoms with Gasteiger partial charge >= 0.3 is 5.37 Å². The largest absolute Gasteiger partial charge is 0.338 e. The molecule has 0 saturated carbocycles. The monoisotopic (exact) mass is 454 g/mol. The summed E-state index contributed by atoms with van der Waals surface area (Å²) in [4.78, 5) is 25.7. The van der Waals surface area contributed by atoms with E-state index in [1.54, 1.807) is 30.3 Å². The van der Waals surface area contributed by atoms with Crippen LogP contribution in [0, 0.1) is 15.9 Å². The molecule has 1 aliphatic heterocycles. The molecule has 1 amide bonds. The topological polar surface area (TPSA) is 97.6 Å². The molecule has 3 aromatic rings. The number of hydrogen-bond acceptors (Lipinski definition) is 5. The van der Waals surface area contributed by atoms with Gasteiger partial charge in [-0.25, -0.2) is 12.8 Å². The summed E-state index contributed by atoms with van der Waals surface area (Å²) < 4.78 is 40.2. The summed E-state index contributed by atoms with van der Waals surface area (Å²) in [5, 5.41) is 10.1. The Kier molecular flexibility index (Phi) is 5.75. The van der Waals surface area contributed by atoms with Crippen molar-refractivity contribution in [1.82, 2.24) is 4.90 Å². The molecule has 0 radical (unpaired) electrons. The minimum Gasteiger partial charge on any atom is -0.323 e. The van der Waals surface area contributed by atoms with Crippen LogP contribution in [-0.2, 0) is 16.3 Å². The van der Waals surface area contributed by atoms with Crippen LogP contribution < -0.4 is 0 Å². The maximum Gasteiger partial charge on any atom is 0.338 e. The van der Waals surface area contributed by atoms with Crippen molar-refractivity contribution in [2.75, 3.05) is 6.54 Å². The van der Waals surface area contributed by atoms with Gasteiger partial charge < -0.3 is 4.90 Å². The molecule has 1 heterocycles. The normalized spacial score (nSPS) is 16.8. The predicted octanol–water partition coefficient (Wildman–Crippen LogP) is 3.64. The second kappa shape index (κ2) is 8.51. The minimum absolute atomic E-state index is 0.0898. The van der Waals surface area contributed by atoms with Crippen molar-refractivity contribution in [2.24, 2.45) is 0 Å². The molecule has 9 heteroatoms. The highest BCUT2D eigenvalue weighted by Crippen LogP contribution is 2.38. The van der Waals surface area contributed by atoms with Crippen molar-refractivity contribution in [1.29, 1.82) is 0 Å². The fourth-order valence-corrected chi connectivity index (χ4v) is 5.71. The lowest BCUT2D eigenvalue weighted by molar-refractivity contribution is -0.505. The van der Waals surface area contributed by atoms with Gasteiger partial charge in [0.2, 0.25) is 9.84 Å². The Morgan fingerprint density at radius 2 is 1.62 bits per heavy atom. The van der Waals surface area contributed by atoms with Crippen LogP contribution in [0.2, 0.25) is 0 Å². The SMILES string of the molecule is O=C(c1ccc(F)cc1)N1CCc2ccccc2[C@H]1[C@@H]([N+](=O)[O-])S(=O)(=O)c1ccccc1. The first-order valence-electron chi connectivity index (χ1n) is 9.87. The third-order valence-corrected chi connectivity index (χ3v) is 7.55. The Hall–Kier alpha value is -3.59. The zero-order valence-corrected chi connectivity index (χ0v) is 17.6. The summed E-state index contributed by atoms with van der Waals surface area (Å²) >= 11 is 0. The first-order chi connectivity index (χ1) is 15.3. The van der Waals surface area contributed by atoms with Crippen molar-refractivity contribution in [3.8, 4) is 0 Å². The fraction of sp³-hybridized carbons (Fsp3) is 0.174. The predicted molar refractivity (Wildman–Crippen MR) is 115 cm³/mol. The van der Waals surface area contributed by atoms with E-state index in [-0.39, 0.29) is 17.0 Å². The molecule has 1 aliphatic rings. The number of hydrogen-bond donors (Lipinski definition) is 0. The van der Waals surface area contributed by atoms with E-state index in [1.165, 1.54) is 41.3 Å². The molecule has 0 aliphatic carbocycles. The number of carbonyl (C=O) groups excluding carboxylic acids is 1. The van der Waals surface area contributed by atoms with Crippen LogP contribution in [-0.4, -0.2) is 36.1 Å². The number of rotatable bonds is 5. The smallest absolute Gasteiger partial charge is 0.323 e. The highest BCUT2D eigenvalue weighted by atomic mass is 32.2. The molecule has 4 rings (SSSR count). The summed E-state index contributed by atoms with van der Waals surface area (Å²) in [6, 6.07) is 17.4. The average Bonchev–Trinajstić information content (AvgIpc) is 2.79. The molecule has 7 nitrogen and oxygen atoms in total. The number of carbonyl (C=O) groups is 1. The molecule has 0 N–H and O–H groups in total. The van der Waals surface area contributed by atoms with E-state index in [4.69, 9.17) is 0 Å². The first kappa shape index (κ1) is 21.6. The second-order valence-electron chi connectivity index (χ2n) is 7.43. The van der Waals surface area contributed by atoms with Crippen molar-refractivity contribution in [3.63, 3.8) is 0 Å². The number of amides is 1. The summed E-state index contributed by atoms with van der Waals surface area (Å²) in [6.45, 7) is 0.0898. The third-order valence-electron chi connectivity index (χ3n) is 5.55. The highest BCUT2D eigenvalue weighted by molar-refractivity contribution is 7.91. The number of benzene rings is 3. The number of nitrogens with zero attached hydrogens (tertiary/aromatic N) is 2. The lowest BCUT2D eigenvalue weighted by Crippen LogP contribution is -2.50. The maximum atomic E-state index is 13.4. The minimum atomic E-state index is -4.45. The molecule has 0 aromatic heterocycles. The van der Waals surface area contributed by atoms with Gasteiger partial charge in [-0.15, -0.1) is 0 Å². The van der Waals surface area contributed by atoms with Gasteiger partial charge in [0.05, 0.1) is 4.90 Å². The summed E-state index contributed by atoms with van der Waals surface area (Å²) in [5.41, 5.74) is 1.28. The quantitative estimate of drug-likeness (QED) is 0.433. The summed E-state index contributed by atoms with van der Waals surface area (Å²) in [7, 11) is -4.45. The van der Waals surface area contributed by atoms with Crippen LogP contribution in [0.15, 0.2) is 83.8 Å². The van der Waals surface area contributed by atoms with Crippen LogP contribution >= 0.6 is 0 Å². The fourth-order valence-electron chi connectivity index (χ4n) is 4.04. The molecule has 0 bridgehead atoms. The molecule has 3 aromatic carbocycles. The molecule has 0 spiro atoms. The van der Waals surface area contributed by atoms with E-state index < -0.39 is 37.9 Å². The molecule has 164 valence electrons. The van der Waals surface area contributed by atoms with Gasteiger partial charge in [-0.3, -0.25) is 14.9 Å². The summed E-state index contributed by atoms with van der Waals surface area (Å²) in [6.07, 6.45) is 0.412. The molecule has 0 fully saturated rings. The van der Waals surface area contributed by atoms with Crippen molar-refractivity contribution in [3.05, 3.63) is 111 Å². The van der Waals surface area contributed by atoms with Gasteiger partial charge in [0.1, 0.15) is 11.9 Å². The number of nitro groups is 1. The Labute approximate surface area is 184 Å². The van der Waals surface area contributed by atoms with Crippen LogP contribution in [0.5, 0.6) is 0 Å². The molecule has 0 unspecified atom stereocenters. The zero-order valence-electron chi connectivity index (χ0n) is 16.8. The van der Waals surface area contributed by atoms with Gasteiger partial charge in [0, 0.05) is 17.0 Å². The highest BCUT2D eigenvalue weighted by Gasteiger charge is 2.51. The van der Waals surface area contributed by atoms with E-state index in [0.717, 1.165) is 17.7 Å². The number of halogens is 1. The lowest BCUT2D eigenvalue weighted by Gasteiger charge is -2.38. The molecule has 0 saturated heterocycles. The van der Waals surface area contributed by atoms with Gasteiger partial charge in [-0.05, 0) is 53.9 Å². The van der Waals surface area contributed by atoms with Crippen molar-refractivity contribution in [2.45, 2.75) is 22.7 Å². The second-order valence-corrected chi connectivity index (χ2v) is 9.48. The van der Waals surface area contributed by atoms with E-state index in [0.29, 0.717) is 12.0 Å². The maximum absolute atomic E-state index is 13.4. The van der Waals surface area contributed by atoms with Gasteiger partial charge in [0.25, 0.3) is 5.91 Å². The van der Waals surface area contributed by atoms with Crippen LogP contribution in [0.4, 0.5) is 4.39 Å². The zero-order chi connectivity index (χ0) is 22.9. The van der Waals surface area contributed by atoms with Gasteiger partial charge in [0.15, 0.2) is 0 Å². The lowest BCUT2D eigenvalue weighted by atomic mass is 9.91. The molecular formula is C23H19FN2O5S. The van der Waals surface area contributed by atoms with Gasteiger partial charge in [-0.2, -0.15) is 0 Å². The molecular weight excluding hydrogens is 435 g/mol. The van der Waals surface area contributed by atoms with E-state index in [1.807, 2.05) is 0 Å². The third kappa shape index (κ3) is 3.87. The average molecular weight is 454 g/mol. The Morgan fingerprint density at radius 1 is 1.00 bits per heavy atom. The number of sulfone groups is 1.